The normalized spacial score (nSPS) is 12.9. The van der Waals surface area contributed by atoms with E-state index in [9.17, 15) is 8.42 Å². The molecule has 3 rings (SSSR count). The Morgan fingerprint density at radius 1 is 1.36 bits per heavy atom. The predicted molar refractivity (Wildman–Crippen MR) is 92.1 cm³/mol. The molecule has 0 amide bonds. The highest BCUT2D eigenvalue weighted by Crippen LogP contribution is 2.23. The molecule has 0 N–H and O–H groups in total. The van der Waals surface area contributed by atoms with Gasteiger partial charge in [0.25, 0.3) is 10.0 Å². The first-order valence-electron chi connectivity index (χ1n) is 6.25. The third-order valence-electron chi connectivity index (χ3n) is 2.90. The van der Waals surface area contributed by atoms with Crippen molar-refractivity contribution >= 4 is 54.5 Å². The van der Waals surface area contributed by atoms with Crippen molar-refractivity contribution in [3.05, 3.63) is 58.2 Å². The lowest BCUT2D eigenvalue weighted by atomic mass is 10.3. The number of thiazole rings is 1. The summed E-state index contributed by atoms with van der Waals surface area (Å²) in [5, 5.41) is 2.32. The van der Waals surface area contributed by atoms with Crippen molar-refractivity contribution in [2.75, 3.05) is 0 Å². The van der Waals surface area contributed by atoms with Gasteiger partial charge in [0.1, 0.15) is 4.21 Å². The van der Waals surface area contributed by atoms with E-state index in [0.29, 0.717) is 16.4 Å². The fourth-order valence-corrected chi connectivity index (χ4v) is 5.47. The molecule has 0 unspecified atom stereocenters. The first kappa shape index (κ1) is 15.5. The zero-order valence-electron chi connectivity index (χ0n) is 11.3. The molecule has 0 radical (unpaired) electrons. The lowest BCUT2D eigenvalue weighted by Crippen LogP contribution is -2.16. The van der Waals surface area contributed by atoms with E-state index in [2.05, 4.69) is 11.0 Å². The summed E-state index contributed by atoms with van der Waals surface area (Å²) in [5.74, 6) is 0. The van der Waals surface area contributed by atoms with Gasteiger partial charge < -0.3 is 4.57 Å². The minimum Gasteiger partial charge on any atom is -0.312 e. The molecule has 0 aliphatic rings. The van der Waals surface area contributed by atoms with Gasteiger partial charge in [-0.15, -0.1) is 22.3 Å². The van der Waals surface area contributed by atoms with E-state index in [1.54, 1.807) is 35.7 Å². The maximum absolute atomic E-state index is 12.3. The fourth-order valence-electron chi connectivity index (χ4n) is 1.98. The molecule has 0 atom stereocenters. The van der Waals surface area contributed by atoms with Crippen molar-refractivity contribution < 1.29 is 8.42 Å². The maximum Gasteiger partial charge on any atom is 0.294 e. The molecule has 22 heavy (non-hydrogen) atoms. The van der Waals surface area contributed by atoms with Gasteiger partial charge >= 0.3 is 0 Å². The highest BCUT2D eigenvalue weighted by molar-refractivity contribution is 7.92. The lowest BCUT2D eigenvalue weighted by molar-refractivity contribution is 0.598. The number of fused-ring (bicyclic) bond motifs is 1. The number of benzene rings is 1. The van der Waals surface area contributed by atoms with Crippen LogP contribution in [-0.2, 0) is 16.6 Å². The molecule has 0 spiro atoms. The summed E-state index contributed by atoms with van der Waals surface area (Å²) in [6, 6.07) is 8.67. The molecule has 0 aliphatic heterocycles. The largest absolute Gasteiger partial charge is 0.312 e. The molecule has 0 bridgehead atoms. The molecule has 0 saturated heterocycles. The molecule has 3 aromatic rings. The minimum absolute atomic E-state index is 0.230. The predicted octanol–water partition coefficient (Wildman–Crippen LogP) is 3.89. The molecule has 8 heteroatoms. The zero-order valence-corrected chi connectivity index (χ0v) is 14.5. The van der Waals surface area contributed by atoms with E-state index in [1.807, 2.05) is 10.6 Å². The van der Waals surface area contributed by atoms with Crippen LogP contribution in [0, 0.1) is 0 Å². The Morgan fingerprint density at radius 2 is 2.18 bits per heavy atom. The summed E-state index contributed by atoms with van der Waals surface area (Å²) in [5.41, 5.74) is 0.884. The monoisotopic (exact) mass is 370 g/mol. The summed E-state index contributed by atoms with van der Waals surface area (Å²) in [6.45, 7) is 4.19. The van der Waals surface area contributed by atoms with E-state index in [4.69, 9.17) is 11.6 Å². The number of sulfonamides is 1. The molecular formula is C14H11ClN2O2S3. The van der Waals surface area contributed by atoms with Crippen LogP contribution in [0.5, 0.6) is 0 Å². The Kier molecular flexibility index (Phi) is 4.22. The van der Waals surface area contributed by atoms with Crippen molar-refractivity contribution in [3.63, 3.8) is 0 Å². The van der Waals surface area contributed by atoms with Crippen LogP contribution in [0.4, 0.5) is 0 Å². The van der Waals surface area contributed by atoms with Crippen LogP contribution in [-0.4, -0.2) is 13.0 Å². The van der Waals surface area contributed by atoms with Gasteiger partial charge in [-0.1, -0.05) is 35.1 Å². The van der Waals surface area contributed by atoms with Gasteiger partial charge in [0.2, 0.25) is 4.80 Å². The number of hydrogen-bond donors (Lipinski definition) is 0. The second kappa shape index (κ2) is 6.00. The van der Waals surface area contributed by atoms with Crippen LogP contribution < -0.4 is 4.80 Å². The van der Waals surface area contributed by atoms with E-state index >= 15 is 0 Å². The number of nitrogens with zero attached hydrogens (tertiary/aromatic N) is 2. The average molecular weight is 371 g/mol. The van der Waals surface area contributed by atoms with E-state index in [0.717, 1.165) is 21.6 Å². The second-order valence-corrected chi connectivity index (χ2v) is 8.62. The summed E-state index contributed by atoms with van der Waals surface area (Å²) in [7, 11) is -3.70. The van der Waals surface area contributed by atoms with Gasteiger partial charge in [0.05, 0.1) is 10.2 Å². The topological polar surface area (TPSA) is 51.4 Å². The smallest absolute Gasteiger partial charge is 0.294 e. The Balaban J connectivity index is 2.28. The van der Waals surface area contributed by atoms with E-state index < -0.39 is 10.0 Å². The van der Waals surface area contributed by atoms with E-state index in [-0.39, 0.29) is 4.21 Å². The average Bonchev–Trinajstić information content (AvgIpc) is 3.08. The van der Waals surface area contributed by atoms with Gasteiger partial charge in [-0.2, -0.15) is 8.42 Å². The molecular weight excluding hydrogens is 360 g/mol. The highest BCUT2D eigenvalue weighted by atomic mass is 35.5. The molecule has 0 fully saturated rings. The maximum atomic E-state index is 12.3. The molecule has 0 saturated carbocycles. The Hall–Kier alpha value is -1.41. The quantitative estimate of drug-likeness (QED) is 0.654. The fraction of sp³-hybridized carbons (Fsp3) is 0.0714. The van der Waals surface area contributed by atoms with Crippen LogP contribution in [0.2, 0.25) is 5.02 Å². The molecule has 114 valence electrons. The molecule has 2 heterocycles. The standard InChI is InChI=1S/C14H11ClN2O2S3/c1-2-7-17-11-6-5-10(15)9-12(11)21-14(17)16-22(18,19)13-4-3-8-20-13/h2-6,8-9H,1,7H2. The van der Waals surface area contributed by atoms with Gasteiger partial charge in [-0.05, 0) is 29.6 Å². The van der Waals surface area contributed by atoms with Crippen LogP contribution in [0.3, 0.4) is 0 Å². The summed E-state index contributed by atoms with van der Waals surface area (Å²) in [6.07, 6.45) is 1.71. The van der Waals surface area contributed by atoms with Crippen molar-refractivity contribution in [3.8, 4) is 0 Å². The van der Waals surface area contributed by atoms with Gasteiger partial charge in [0, 0.05) is 11.6 Å². The number of rotatable bonds is 4. The minimum atomic E-state index is -3.70. The molecule has 1 aromatic carbocycles. The van der Waals surface area contributed by atoms with Crippen LogP contribution >= 0.6 is 34.3 Å². The number of halogens is 1. The van der Waals surface area contributed by atoms with Crippen LogP contribution in [0.15, 0.2) is 57.0 Å². The Bertz CT molecular complexity index is 999. The first-order chi connectivity index (χ1) is 10.5. The molecule has 0 aliphatic carbocycles. The number of aromatic nitrogens is 1. The summed E-state index contributed by atoms with van der Waals surface area (Å²) in [4.78, 5) is 0.408. The zero-order chi connectivity index (χ0) is 15.7. The van der Waals surface area contributed by atoms with Crippen LogP contribution in [0.1, 0.15) is 0 Å². The van der Waals surface area contributed by atoms with Gasteiger partial charge in [-0.25, -0.2) is 0 Å². The third kappa shape index (κ3) is 2.89. The van der Waals surface area contributed by atoms with Crippen molar-refractivity contribution in [1.82, 2.24) is 4.57 Å². The first-order valence-corrected chi connectivity index (χ1v) is 9.77. The summed E-state index contributed by atoms with van der Waals surface area (Å²) >= 11 is 8.44. The Morgan fingerprint density at radius 3 is 2.86 bits per heavy atom. The van der Waals surface area contributed by atoms with Crippen molar-refractivity contribution in [2.24, 2.45) is 4.40 Å². The number of thiophene rings is 1. The molecule has 4 nitrogen and oxygen atoms in total. The van der Waals surface area contributed by atoms with Gasteiger partial charge in [-0.3, -0.25) is 0 Å². The third-order valence-corrected chi connectivity index (χ3v) is 6.94. The highest BCUT2D eigenvalue weighted by Gasteiger charge is 2.15. The van der Waals surface area contributed by atoms with Crippen molar-refractivity contribution in [2.45, 2.75) is 10.8 Å². The SMILES string of the molecule is C=CCn1c(=NS(=O)(=O)c2cccs2)sc2cc(Cl)ccc21. The Labute approximate surface area is 140 Å². The number of allylic oxidation sites excluding steroid dienone is 1. The van der Waals surface area contributed by atoms with E-state index in [1.165, 1.54) is 11.3 Å². The van der Waals surface area contributed by atoms with Crippen LogP contribution in [0.25, 0.3) is 10.2 Å². The van der Waals surface area contributed by atoms with Gasteiger partial charge in [0.15, 0.2) is 0 Å². The lowest BCUT2D eigenvalue weighted by Gasteiger charge is -2.01. The second-order valence-electron chi connectivity index (χ2n) is 4.39. The molecule has 2 aromatic heterocycles. The van der Waals surface area contributed by atoms with Crippen molar-refractivity contribution in [1.29, 1.82) is 0 Å². The number of hydrogen-bond acceptors (Lipinski definition) is 4. The summed E-state index contributed by atoms with van der Waals surface area (Å²) < 4.78 is 31.6.